The number of hydrogen-bond donors (Lipinski definition) is 0. The van der Waals surface area contributed by atoms with Gasteiger partial charge in [0.05, 0.1) is 5.69 Å². The molecule has 2 heterocycles. The summed E-state index contributed by atoms with van der Waals surface area (Å²) in [4.78, 5) is 12.4. The van der Waals surface area contributed by atoms with Crippen LogP contribution in [0.1, 0.15) is 61.3 Å². The van der Waals surface area contributed by atoms with Crippen LogP contribution in [0.5, 0.6) is 0 Å². The van der Waals surface area contributed by atoms with Crippen molar-refractivity contribution in [3.05, 3.63) is 17.0 Å². The lowest BCUT2D eigenvalue weighted by Gasteiger charge is -2.27. The van der Waals surface area contributed by atoms with Crippen molar-refractivity contribution in [1.29, 1.82) is 0 Å². The molecule has 0 unspecified atom stereocenters. The standard InChI is InChI=1S/C15H23NO4/c1-9(2)14-13(10(3)16-20-14)15(17)19-11(4)12-5-7-18-8-6-12/h9,11-12H,5-8H2,1-4H3/t11-/m0/s1. The Morgan fingerprint density at radius 2 is 1.95 bits per heavy atom. The molecule has 1 aromatic rings. The summed E-state index contributed by atoms with van der Waals surface area (Å²) in [7, 11) is 0. The molecule has 5 nitrogen and oxygen atoms in total. The highest BCUT2D eigenvalue weighted by Gasteiger charge is 2.28. The first-order valence-electron chi connectivity index (χ1n) is 7.25. The van der Waals surface area contributed by atoms with Crippen molar-refractivity contribution in [2.45, 2.75) is 52.6 Å². The van der Waals surface area contributed by atoms with Crippen molar-refractivity contribution in [3.63, 3.8) is 0 Å². The van der Waals surface area contributed by atoms with Gasteiger partial charge >= 0.3 is 5.97 Å². The van der Waals surface area contributed by atoms with Crippen LogP contribution in [0, 0.1) is 12.8 Å². The van der Waals surface area contributed by atoms with Gasteiger partial charge in [-0.15, -0.1) is 0 Å². The van der Waals surface area contributed by atoms with Crippen LogP contribution >= 0.6 is 0 Å². The lowest BCUT2D eigenvalue weighted by molar-refractivity contribution is -0.0120. The summed E-state index contributed by atoms with van der Waals surface area (Å²) in [6.07, 6.45) is 1.77. The van der Waals surface area contributed by atoms with Crippen molar-refractivity contribution >= 4 is 5.97 Å². The normalized spacial score (nSPS) is 18.2. The van der Waals surface area contributed by atoms with E-state index in [0.29, 0.717) is 22.9 Å². The lowest BCUT2D eigenvalue weighted by atomic mass is 9.95. The minimum absolute atomic E-state index is 0.108. The van der Waals surface area contributed by atoms with Crippen LogP contribution in [0.25, 0.3) is 0 Å². The Balaban J connectivity index is 2.06. The van der Waals surface area contributed by atoms with Gasteiger partial charge in [-0.25, -0.2) is 4.79 Å². The third-order valence-electron chi connectivity index (χ3n) is 3.84. The first-order valence-corrected chi connectivity index (χ1v) is 7.25. The molecule has 0 radical (unpaired) electrons. The van der Waals surface area contributed by atoms with Crippen LogP contribution in [0.15, 0.2) is 4.52 Å². The molecule has 1 aliphatic rings. The molecule has 5 heteroatoms. The lowest BCUT2D eigenvalue weighted by Crippen LogP contribution is -2.29. The molecule has 20 heavy (non-hydrogen) atoms. The number of carbonyl (C=O) groups excluding carboxylic acids is 1. The number of ether oxygens (including phenoxy) is 2. The number of rotatable bonds is 4. The maximum absolute atomic E-state index is 12.4. The largest absolute Gasteiger partial charge is 0.459 e. The Labute approximate surface area is 119 Å². The number of esters is 1. The zero-order valence-electron chi connectivity index (χ0n) is 12.6. The Kier molecular flexibility index (Phi) is 4.81. The predicted octanol–water partition coefficient (Wildman–Crippen LogP) is 3.08. The van der Waals surface area contributed by atoms with Crippen LogP contribution in [0.4, 0.5) is 0 Å². The average molecular weight is 281 g/mol. The first-order chi connectivity index (χ1) is 9.50. The molecule has 0 spiro atoms. The Bertz CT molecular complexity index is 460. The monoisotopic (exact) mass is 281 g/mol. The summed E-state index contributed by atoms with van der Waals surface area (Å²) >= 11 is 0. The van der Waals surface area contributed by atoms with Crippen LogP contribution in [-0.4, -0.2) is 30.4 Å². The SMILES string of the molecule is Cc1noc(C(C)C)c1C(=O)O[C@@H](C)C1CCOCC1. The molecule has 0 saturated carbocycles. The third-order valence-corrected chi connectivity index (χ3v) is 3.84. The van der Waals surface area contributed by atoms with E-state index in [-0.39, 0.29) is 18.0 Å². The molecule has 1 atom stereocenters. The summed E-state index contributed by atoms with van der Waals surface area (Å²) in [5, 5.41) is 3.88. The van der Waals surface area contributed by atoms with Crippen LogP contribution in [0.3, 0.4) is 0 Å². The van der Waals surface area contributed by atoms with Gasteiger partial charge in [-0.3, -0.25) is 0 Å². The first kappa shape index (κ1) is 15.0. The average Bonchev–Trinajstić information content (AvgIpc) is 2.81. The molecule has 0 aliphatic carbocycles. The topological polar surface area (TPSA) is 61.6 Å². The van der Waals surface area contributed by atoms with E-state index >= 15 is 0 Å². The molecule has 1 aromatic heterocycles. The minimum atomic E-state index is -0.327. The highest BCUT2D eigenvalue weighted by Crippen LogP contribution is 2.26. The summed E-state index contributed by atoms with van der Waals surface area (Å²) in [5.74, 6) is 0.755. The highest BCUT2D eigenvalue weighted by molar-refractivity contribution is 5.91. The van der Waals surface area contributed by atoms with E-state index in [0.717, 1.165) is 26.1 Å². The second-order valence-corrected chi connectivity index (χ2v) is 5.72. The van der Waals surface area contributed by atoms with Crippen molar-refractivity contribution in [2.75, 3.05) is 13.2 Å². The quantitative estimate of drug-likeness (QED) is 0.794. The van der Waals surface area contributed by atoms with Gasteiger partial charge in [-0.1, -0.05) is 19.0 Å². The molecular weight excluding hydrogens is 258 g/mol. The van der Waals surface area contributed by atoms with Gasteiger partial charge in [0, 0.05) is 25.0 Å². The summed E-state index contributed by atoms with van der Waals surface area (Å²) in [5.41, 5.74) is 1.08. The van der Waals surface area contributed by atoms with Crippen molar-refractivity contribution in [2.24, 2.45) is 5.92 Å². The number of aryl methyl sites for hydroxylation is 1. The predicted molar refractivity (Wildman–Crippen MR) is 73.7 cm³/mol. The minimum Gasteiger partial charge on any atom is -0.459 e. The van der Waals surface area contributed by atoms with Crippen LogP contribution in [-0.2, 0) is 9.47 Å². The molecule has 0 bridgehead atoms. The molecule has 1 saturated heterocycles. The van der Waals surface area contributed by atoms with E-state index in [1.54, 1.807) is 6.92 Å². The van der Waals surface area contributed by atoms with Crippen LogP contribution in [0.2, 0.25) is 0 Å². The molecule has 0 aromatic carbocycles. The maximum Gasteiger partial charge on any atom is 0.343 e. The van der Waals surface area contributed by atoms with E-state index in [2.05, 4.69) is 5.16 Å². The maximum atomic E-state index is 12.4. The van der Waals surface area contributed by atoms with Crippen LogP contribution < -0.4 is 0 Å². The van der Waals surface area contributed by atoms with E-state index in [1.807, 2.05) is 20.8 Å². The fraction of sp³-hybridized carbons (Fsp3) is 0.733. The number of carbonyl (C=O) groups is 1. The van der Waals surface area contributed by atoms with Crippen molar-refractivity contribution in [1.82, 2.24) is 5.16 Å². The molecule has 1 fully saturated rings. The molecule has 0 N–H and O–H groups in total. The molecule has 1 aliphatic heterocycles. The molecule has 112 valence electrons. The van der Waals surface area contributed by atoms with Crippen molar-refractivity contribution < 1.29 is 18.8 Å². The van der Waals surface area contributed by atoms with Gasteiger partial charge in [0.1, 0.15) is 11.7 Å². The number of nitrogens with zero attached hydrogens (tertiary/aromatic N) is 1. The fourth-order valence-corrected chi connectivity index (χ4v) is 2.54. The summed E-state index contributed by atoms with van der Waals surface area (Å²) in [6.45, 7) is 9.15. The second-order valence-electron chi connectivity index (χ2n) is 5.72. The highest BCUT2D eigenvalue weighted by atomic mass is 16.5. The zero-order chi connectivity index (χ0) is 14.7. The number of aromatic nitrogens is 1. The fourth-order valence-electron chi connectivity index (χ4n) is 2.54. The molecular formula is C15H23NO4. The summed E-state index contributed by atoms with van der Waals surface area (Å²) in [6, 6.07) is 0. The van der Waals surface area contributed by atoms with E-state index in [9.17, 15) is 4.79 Å². The smallest absolute Gasteiger partial charge is 0.343 e. The number of hydrogen-bond acceptors (Lipinski definition) is 5. The Morgan fingerprint density at radius 1 is 1.30 bits per heavy atom. The summed E-state index contributed by atoms with van der Waals surface area (Å²) < 4.78 is 16.2. The molecule has 0 amide bonds. The second kappa shape index (κ2) is 6.39. The van der Waals surface area contributed by atoms with Crippen molar-refractivity contribution in [3.8, 4) is 0 Å². The van der Waals surface area contributed by atoms with E-state index in [1.165, 1.54) is 0 Å². The third kappa shape index (κ3) is 3.20. The van der Waals surface area contributed by atoms with Gasteiger partial charge in [-0.2, -0.15) is 0 Å². The van der Waals surface area contributed by atoms with E-state index < -0.39 is 0 Å². The Hall–Kier alpha value is -1.36. The van der Waals surface area contributed by atoms with Gasteiger partial charge in [0.25, 0.3) is 0 Å². The van der Waals surface area contributed by atoms with Gasteiger partial charge in [0.15, 0.2) is 5.76 Å². The Morgan fingerprint density at radius 3 is 2.55 bits per heavy atom. The zero-order valence-corrected chi connectivity index (χ0v) is 12.6. The van der Waals surface area contributed by atoms with Gasteiger partial charge in [0.2, 0.25) is 0 Å². The van der Waals surface area contributed by atoms with E-state index in [4.69, 9.17) is 14.0 Å². The molecule has 2 rings (SSSR count). The van der Waals surface area contributed by atoms with Gasteiger partial charge in [-0.05, 0) is 26.7 Å². The van der Waals surface area contributed by atoms with Gasteiger partial charge < -0.3 is 14.0 Å².